The van der Waals surface area contributed by atoms with Crippen LogP contribution in [0.1, 0.15) is 23.7 Å². The van der Waals surface area contributed by atoms with Gasteiger partial charge in [0.1, 0.15) is 5.75 Å². The Labute approximate surface area is 127 Å². The van der Waals surface area contributed by atoms with Crippen molar-refractivity contribution in [3.8, 4) is 5.75 Å². The Hall–Kier alpha value is -2.12. The minimum absolute atomic E-state index is 0.0735. The van der Waals surface area contributed by atoms with Gasteiger partial charge in [-0.05, 0) is 31.5 Å². The van der Waals surface area contributed by atoms with Crippen molar-refractivity contribution in [1.82, 2.24) is 4.90 Å². The van der Waals surface area contributed by atoms with E-state index < -0.39 is 11.7 Å². The topological polar surface area (TPSA) is 99.1 Å². The predicted molar refractivity (Wildman–Crippen MR) is 77.7 cm³/mol. The zero-order valence-electron chi connectivity index (χ0n) is 12.2. The van der Waals surface area contributed by atoms with Gasteiger partial charge in [0.15, 0.2) is 6.61 Å². The highest BCUT2D eigenvalue weighted by molar-refractivity contribution is 5.99. The van der Waals surface area contributed by atoms with Gasteiger partial charge >= 0.3 is 0 Å². The number of aliphatic hydroxyl groups excluding tert-OH is 1. The van der Waals surface area contributed by atoms with E-state index in [1.54, 1.807) is 25.1 Å². The number of anilines is 1. The lowest BCUT2D eigenvalue weighted by Gasteiger charge is -2.40. The lowest BCUT2D eigenvalue weighted by Crippen LogP contribution is -2.55. The lowest BCUT2D eigenvalue weighted by atomic mass is 9.90. The summed E-state index contributed by atoms with van der Waals surface area (Å²) in [6.07, 6.45) is -0.657. The van der Waals surface area contributed by atoms with Crippen molar-refractivity contribution in [2.24, 2.45) is 0 Å². The molecule has 2 aliphatic rings. The van der Waals surface area contributed by atoms with Gasteiger partial charge < -0.3 is 25.2 Å². The maximum atomic E-state index is 12.5. The fourth-order valence-electron chi connectivity index (χ4n) is 2.60. The maximum Gasteiger partial charge on any atom is 0.262 e. The van der Waals surface area contributed by atoms with Crippen molar-refractivity contribution in [3.05, 3.63) is 23.8 Å². The van der Waals surface area contributed by atoms with Gasteiger partial charge in [-0.2, -0.15) is 0 Å². The molecule has 118 valence electrons. The van der Waals surface area contributed by atoms with Crippen LogP contribution in [0.2, 0.25) is 0 Å². The second kappa shape index (κ2) is 5.26. The van der Waals surface area contributed by atoms with Crippen LogP contribution in [0, 0.1) is 0 Å². The number of nitrogens with zero attached hydrogens (tertiary/aromatic N) is 1. The first-order chi connectivity index (χ1) is 10.4. The number of nitrogens with one attached hydrogen (secondary N) is 1. The van der Waals surface area contributed by atoms with Gasteiger partial charge in [-0.3, -0.25) is 9.59 Å². The van der Waals surface area contributed by atoms with Crippen LogP contribution in [0.25, 0.3) is 0 Å². The molecule has 1 saturated heterocycles. The number of carbonyl (C=O) groups is 2. The van der Waals surface area contributed by atoms with E-state index in [1.165, 1.54) is 4.90 Å². The van der Waals surface area contributed by atoms with Crippen molar-refractivity contribution in [2.45, 2.75) is 25.0 Å². The monoisotopic (exact) mass is 306 g/mol. The summed E-state index contributed by atoms with van der Waals surface area (Å²) in [4.78, 5) is 25.2. The smallest absolute Gasteiger partial charge is 0.262 e. The number of piperidine rings is 1. The summed E-state index contributed by atoms with van der Waals surface area (Å²) in [5, 5.41) is 22.5. The Morgan fingerprint density at radius 2 is 2.27 bits per heavy atom. The Morgan fingerprint density at radius 3 is 3.00 bits per heavy atom. The van der Waals surface area contributed by atoms with Gasteiger partial charge in [0.25, 0.3) is 11.8 Å². The van der Waals surface area contributed by atoms with Crippen LogP contribution in [0.15, 0.2) is 18.2 Å². The van der Waals surface area contributed by atoms with Gasteiger partial charge in [-0.15, -0.1) is 0 Å². The van der Waals surface area contributed by atoms with Gasteiger partial charge in [0.2, 0.25) is 0 Å². The third-order valence-corrected chi connectivity index (χ3v) is 4.15. The number of carbonyl (C=O) groups excluding carboxylic acids is 2. The third kappa shape index (κ3) is 2.65. The van der Waals surface area contributed by atoms with Gasteiger partial charge in [0.05, 0.1) is 17.4 Å². The molecule has 3 rings (SSSR count). The first kappa shape index (κ1) is 14.8. The maximum absolute atomic E-state index is 12.5. The molecule has 2 atom stereocenters. The summed E-state index contributed by atoms with van der Waals surface area (Å²) in [7, 11) is 0. The molecule has 2 aliphatic heterocycles. The van der Waals surface area contributed by atoms with Gasteiger partial charge in [-0.25, -0.2) is 0 Å². The summed E-state index contributed by atoms with van der Waals surface area (Å²) in [6, 6.07) is 4.81. The van der Waals surface area contributed by atoms with Crippen LogP contribution >= 0.6 is 0 Å². The molecule has 3 N–H and O–H groups in total. The molecule has 0 aromatic heterocycles. The van der Waals surface area contributed by atoms with Crippen molar-refractivity contribution in [2.75, 3.05) is 25.0 Å². The van der Waals surface area contributed by atoms with Gasteiger partial charge in [0, 0.05) is 18.7 Å². The van der Waals surface area contributed by atoms with E-state index in [1.807, 2.05) is 0 Å². The highest BCUT2D eigenvalue weighted by Crippen LogP contribution is 2.30. The van der Waals surface area contributed by atoms with Crippen molar-refractivity contribution < 1.29 is 24.5 Å². The normalized spacial score (nSPS) is 27.7. The van der Waals surface area contributed by atoms with Crippen LogP contribution in [-0.4, -0.2) is 58.3 Å². The lowest BCUT2D eigenvalue weighted by molar-refractivity contribution is -0.118. The Morgan fingerprint density at radius 1 is 1.50 bits per heavy atom. The second-order valence-electron chi connectivity index (χ2n) is 5.92. The number of benzene rings is 1. The molecule has 1 fully saturated rings. The molecule has 0 radical (unpaired) electrons. The van der Waals surface area contributed by atoms with Crippen LogP contribution in [-0.2, 0) is 4.79 Å². The minimum Gasteiger partial charge on any atom is -0.482 e. The van der Waals surface area contributed by atoms with E-state index >= 15 is 0 Å². The molecule has 2 heterocycles. The van der Waals surface area contributed by atoms with E-state index in [2.05, 4.69) is 5.32 Å². The molecule has 2 amide bonds. The first-order valence-corrected chi connectivity index (χ1v) is 7.13. The SMILES string of the molecule is C[C@]1(O)CCN(C(=O)c2ccc3c(c2)OCC(=O)N3)C[C@@H]1O. The molecule has 7 nitrogen and oxygen atoms in total. The molecule has 22 heavy (non-hydrogen) atoms. The zero-order valence-corrected chi connectivity index (χ0v) is 12.2. The molecule has 7 heteroatoms. The molecule has 1 aromatic carbocycles. The fraction of sp³-hybridized carbons (Fsp3) is 0.467. The van der Waals surface area contributed by atoms with E-state index in [-0.39, 0.29) is 25.0 Å². The molecule has 0 bridgehead atoms. The van der Waals surface area contributed by atoms with Crippen LogP contribution in [0.4, 0.5) is 5.69 Å². The molecule has 0 saturated carbocycles. The largest absolute Gasteiger partial charge is 0.482 e. The molecular weight excluding hydrogens is 288 g/mol. The van der Waals surface area contributed by atoms with Crippen molar-refractivity contribution in [3.63, 3.8) is 0 Å². The number of ether oxygens (including phenoxy) is 1. The summed E-state index contributed by atoms with van der Waals surface area (Å²) in [5.74, 6) is -0.0131. The third-order valence-electron chi connectivity index (χ3n) is 4.15. The Kier molecular flexibility index (Phi) is 3.54. The molecular formula is C15H18N2O5. The van der Waals surface area contributed by atoms with Crippen LogP contribution in [0.5, 0.6) is 5.75 Å². The number of aliphatic hydroxyl groups is 2. The number of likely N-dealkylation sites (tertiary alicyclic amines) is 1. The molecule has 1 aromatic rings. The van der Waals surface area contributed by atoms with E-state index in [9.17, 15) is 19.8 Å². The molecule has 0 spiro atoms. The average Bonchev–Trinajstić information content (AvgIpc) is 2.49. The second-order valence-corrected chi connectivity index (χ2v) is 5.92. The molecule has 0 aliphatic carbocycles. The number of hydrogen-bond acceptors (Lipinski definition) is 5. The number of rotatable bonds is 1. The Bertz CT molecular complexity index is 628. The standard InChI is InChI=1S/C15H18N2O5/c1-15(21)4-5-17(7-12(15)18)14(20)9-2-3-10-11(6-9)22-8-13(19)16-10/h2-3,6,12,18,21H,4-5,7-8H2,1H3,(H,16,19)/t12-,15-/m0/s1. The van der Waals surface area contributed by atoms with E-state index in [0.717, 1.165) is 0 Å². The minimum atomic E-state index is -1.17. The molecule has 0 unspecified atom stereocenters. The fourth-order valence-corrected chi connectivity index (χ4v) is 2.60. The average molecular weight is 306 g/mol. The predicted octanol–water partition coefficient (Wildman–Crippen LogP) is -0.0247. The zero-order chi connectivity index (χ0) is 15.9. The quantitative estimate of drug-likeness (QED) is 0.677. The van der Waals surface area contributed by atoms with E-state index in [0.29, 0.717) is 30.0 Å². The van der Waals surface area contributed by atoms with Crippen LogP contribution < -0.4 is 10.1 Å². The van der Waals surface area contributed by atoms with Crippen LogP contribution in [0.3, 0.4) is 0 Å². The number of hydrogen-bond donors (Lipinski definition) is 3. The number of amides is 2. The van der Waals surface area contributed by atoms with Gasteiger partial charge in [-0.1, -0.05) is 0 Å². The summed E-state index contributed by atoms with van der Waals surface area (Å²) in [5.41, 5.74) is -0.210. The highest BCUT2D eigenvalue weighted by Gasteiger charge is 2.38. The Balaban J connectivity index is 1.77. The summed E-state index contributed by atoms with van der Waals surface area (Å²) < 4.78 is 5.30. The number of fused-ring (bicyclic) bond motifs is 1. The van der Waals surface area contributed by atoms with Crippen molar-refractivity contribution in [1.29, 1.82) is 0 Å². The van der Waals surface area contributed by atoms with E-state index in [4.69, 9.17) is 4.74 Å². The highest BCUT2D eigenvalue weighted by atomic mass is 16.5. The number of β-amino-alcohol motifs (C(OH)–C–C–N with tert-alkyl or cyclic N) is 1. The summed E-state index contributed by atoms with van der Waals surface area (Å²) >= 11 is 0. The first-order valence-electron chi connectivity index (χ1n) is 7.13. The van der Waals surface area contributed by atoms with Crippen molar-refractivity contribution >= 4 is 17.5 Å². The summed E-state index contributed by atoms with van der Waals surface area (Å²) in [6.45, 7) is 1.95.